The molecule has 0 saturated heterocycles. The van der Waals surface area contributed by atoms with Crippen LogP contribution in [0, 0.1) is 0 Å². The molecule has 0 aliphatic rings. The maximum absolute atomic E-state index is 4.22. The zero-order chi connectivity index (χ0) is 4.83. The van der Waals surface area contributed by atoms with Gasteiger partial charge in [-0.3, -0.25) is 0 Å². The minimum atomic E-state index is 1.42. The zero-order valence-corrected chi connectivity index (χ0v) is 3.64. The first-order valence-electron chi connectivity index (χ1n) is 1.51. The van der Waals surface area contributed by atoms with Crippen LogP contribution in [0.1, 0.15) is 0 Å². The van der Waals surface area contributed by atoms with Gasteiger partial charge in [-0.25, -0.2) is 0 Å². The largest absolute Gasteiger partial charge is 0.399 e. The molecule has 0 rings (SSSR count). The molecule has 2 nitrogen and oxygen atoms in total. The fourth-order valence-corrected chi connectivity index (χ4v) is 0.0900. The molecule has 0 aromatic rings. The van der Waals surface area contributed by atoms with Crippen LogP contribution < -0.4 is 0 Å². The minimum absolute atomic E-state index is 1.42. The second kappa shape index (κ2) is 4.21. The molecular formula is C4H6NO. The Bertz CT molecular complexity index is 58.6. The van der Waals surface area contributed by atoms with Gasteiger partial charge in [0.05, 0.1) is 0 Å². The third kappa shape index (κ3) is 3.21. The van der Waals surface area contributed by atoms with Crippen LogP contribution in [-0.4, -0.2) is 13.3 Å². The molecule has 0 bridgehead atoms. The lowest BCUT2D eigenvalue weighted by Gasteiger charge is -1.75. The highest BCUT2D eigenvalue weighted by molar-refractivity contribution is 5.69. The van der Waals surface area contributed by atoms with Gasteiger partial charge in [0.25, 0.3) is 0 Å². The van der Waals surface area contributed by atoms with E-state index in [-0.39, 0.29) is 0 Å². The van der Waals surface area contributed by atoms with Crippen molar-refractivity contribution in [2.45, 2.75) is 0 Å². The average molecular weight is 84.1 g/mol. The minimum Gasteiger partial charge on any atom is -0.399 e. The van der Waals surface area contributed by atoms with Gasteiger partial charge >= 0.3 is 0 Å². The highest BCUT2D eigenvalue weighted by atomic mass is 16.6. The van der Waals surface area contributed by atoms with Gasteiger partial charge < -0.3 is 4.84 Å². The number of hydrogen-bond acceptors (Lipinski definition) is 2. The van der Waals surface area contributed by atoms with Gasteiger partial charge in [0.1, 0.15) is 13.3 Å². The Morgan fingerprint density at radius 1 is 2.00 bits per heavy atom. The van der Waals surface area contributed by atoms with Crippen LogP contribution in [0.25, 0.3) is 0 Å². The molecule has 0 aromatic heterocycles. The molecule has 2 heteroatoms. The van der Waals surface area contributed by atoms with Crippen LogP contribution in [0.3, 0.4) is 0 Å². The Labute approximate surface area is 37.1 Å². The van der Waals surface area contributed by atoms with Gasteiger partial charge in [-0.05, 0) is 6.08 Å². The summed E-state index contributed by atoms with van der Waals surface area (Å²) in [7, 11) is 1.45. The maximum atomic E-state index is 4.22. The monoisotopic (exact) mass is 84.0 g/mol. The van der Waals surface area contributed by atoms with Crippen molar-refractivity contribution in [1.29, 1.82) is 0 Å². The summed E-state index contributed by atoms with van der Waals surface area (Å²) in [5, 5.41) is 3.22. The quantitative estimate of drug-likeness (QED) is 0.356. The van der Waals surface area contributed by atoms with Crippen molar-refractivity contribution in [1.82, 2.24) is 0 Å². The Morgan fingerprint density at radius 2 is 2.67 bits per heavy atom. The van der Waals surface area contributed by atoms with E-state index < -0.39 is 0 Å². The Morgan fingerprint density at radius 3 is 2.83 bits per heavy atom. The van der Waals surface area contributed by atoms with E-state index in [2.05, 4.69) is 22.8 Å². The summed E-state index contributed by atoms with van der Waals surface area (Å²) in [6, 6.07) is 0. The van der Waals surface area contributed by atoms with Gasteiger partial charge in [0.15, 0.2) is 0 Å². The first kappa shape index (κ1) is 5.21. The molecule has 0 amide bonds. The summed E-state index contributed by atoms with van der Waals surface area (Å²) >= 11 is 0. The molecule has 0 aromatic carbocycles. The van der Waals surface area contributed by atoms with Crippen molar-refractivity contribution in [3.8, 4) is 0 Å². The predicted molar refractivity (Wildman–Crippen MR) is 24.6 cm³/mol. The topological polar surface area (TPSA) is 21.6 Å². The van der Waals surface area contributed by atoms with Crippen molar-refractivity contribution in [3.63, 3.8) is 0 Å². The third-order valence-corrected chi connectivity index (χ3v) is 0.235. The molecule has 0 N–H and O–H groups in total. The van der Waals surface area contributed by atoms with Gasteiger partial charge in [0.2, 0.25) is 0 Å². The Hall–Kier alpha value is -0.790. The SMILES string of the molecule is C=C[C]=NOC. The number of allylic oxidation sites excluding steroid dienone is 1. The lowest BCUT2D eigenvalue weighted by molar-refractivity contribution is 0.215. The molecule has 0 aliphatic heterocycles. The number of nitrogens with zero attached hydrogens (tertiary/aromatic N) is 1. The Kier molecular flexibility index (Phi) is 3.66. The maximum Gasteiger partial charge on any atom is 0.131 e. The standard InChI is InChI=1S/C4H6NO/c1-3-4-5-6-2/h3H,1H2,2H3. The van der Waals surface area contributed by atoms with E-state index >= 15 is 0 Å². The van der Waals surface area contributed by atoms with E-state index in [1.807, 2.05) is 0 Å². The van der Waals surface area contributed by atoms with E-state index in [1.54, 1.807) is 0 Å². The molecule has 0 spiro atoms. The normalized spacial score (nSPS) is 8.83. The van der Waals surface area contributed by atoms with Crippen molar-refractivity contribution in [2.24, 2.45) is 5.16 Å². The smallest absolute Gasteiger partial charge is 0.131 e. The van der Waals surface area contributed by atoms with Crippen LogP contribution in [0.2, 0.25) is 0 Å². The average Bonchev–Trinajstić information content (AvgIpc) is 1.61. The van der Waals surface area contributed by atoms with E-state index in [1.165, 1.54) is 13.2 Å². The van der Waals surface area contributed by atoms with Crippen molar-refractivity contribution in [3.05, 3.63) is 12.7 Å². The fraction of sp³-hybridized carbons (Fsp3) is 0.250. The van der Waals surface area contributed by atoms with Crippen LogP contribution >= 0.6 is 0 Å². The lowest BCUT2D eigenvalue weighted by Crippen LogP contribution is -1.65. The van der Waals surface area contributed by atoms with Crippen LogP contribution in [0.5, 0.6) is 0 Å². The highest BCUT2D eigenvalue weighted by Gasteiger charge is 1.54. The van der Waals surface area contributed by atoms with Crippen LogP contribution in [0.4, 0.5) is 0 Å². The number of rotatable bonds is 2. The highest BCUT2D eigenvalue weighted by Crippen LogP contribution is 1.60. The molecule has 0 aliphatic carbocycles. The van der Waals surface area contributed by atoms with Crippen molar-refractivity contribution >= 4 is 6.21 Å². The Balaban J connectivity index is 2.94. The second-order valence-electron chi connectivity index (χ2n) is 0.607. The molecule has 0 fully saturated rings. The van der Waals surface area contributed by atoms with Crippen molar-refractivity contribution in [2.75, 3.05) is 7.11 Å². The molecule has 6 heavy (non-hydrogen) atoms. The summed E-state index contributed by atoms with van der Waals surface area (Å²) in [5.74, 6) is 0. The summed E-state index contributed by atoms with van der Waals surface area (Å²) in [5.41, 5.74) is 0. The first-order chi connectivity index (χ1) is 2.91. The lowest BCUT2D eigenvalue weighted by atomic mass is 10.7. The van der Waals surface area contributed by atoms with Gasteiger partial charge in [-0.15, -0.1) is 0 Å². The van der Waals surface area contributed by atoms with E-state index in [0.29, 0.717) is 0 Å². The molecule has 0 unspecified atom stereocenters. The summed E-state index contributed by atoms with van der Waals surface area (Å²) in [6.07, 6.45) is 3.78. The van der Waals surface area contributed by atoms with E-state index in [0.717, 1.165) is 0 Å². The molecule has 33 valence electrons. The third-order valence-electron chi connectivity index (χ3n) is 0.235. The molecule has 0 saturated carbocycles. The summed E-state index contributed by atoms with van der Waals surface area (Å²) in [4.78, 5) is 4.22. The van der Waals surface area contributed by atoms with Crippen LogP contribution in [-0.2, 0) is 4.84 Å². The van der Waals surface area contributed by atoms with Gasteiger partial charge in [-0.1, -0.05) is 11.7 Å². The number of hydrogen-bond donors (Lipinski definition) is 0. The molecule has 0 atom stereocenters. The summed E-state index contributed by atoms with van der Waals surface area (Å²) < 4.78 is 0. The van der Waals surface area contributed by atoms with E-state index in [4.69, 9.17) is 0 Å². The van der Waals surface area contributed by atoms with Crippen LogP contribution in [0.15, 0.2) is 17.8 Å². The molecule has 1 radical (unpaired) electrons. The summed E-state index contributed by atoms with van der Waals surface area (Å²) in [6.45, 7) is 3.31. The second-order valence-corrected chi connectivity index (χ2v) is 0.607. The van der Waals surface area contributed by atoms with Crippen molar-refractivity contribution < 1.29 is 4.84 Å². The fourth-order valence-electron chi connectivity index (χ4n) is 0.0900. The van der Waals surface area contributed by atoms with Gasteiger partial charge in [0, 0.05) is 0 Å². The predicted octanol–water partition coefficient (Wildman–Crippen LogP) is 0.682. The van der Waals surface area contributed by atoms with E-state index in [9.17, 15) is 0 Å². The zero-order valence-electron chi connectivity index (χ0n) is 3.64. The molecular weight excluding hydrogens is 78.0 g/mol. The molecule has 0 heterocycles. The first-order valence-corrected chi connectivity index (χ1v) is 1.51. The van der Waals surface area contributed by atoms with Gasteiger partial charge in [-0.2, -0.15) is 0 Å².